The normalized spacial score (nSPS) is 36.0. The molecule has 2 amide bonds. The van der Waals surface area contributed by atoms with Gasteiger partial charge in [0.15, 0.2) is 0 Å². The molecule has 1 aliphatic heterocycles. The van der Waals surface area contributed by atoms with Crippen LogP contribution in [0.15, 0.2) is 0 Å². The smallest absolute Gasteiger partial charge is 0.249 e. The highest BCUT2D eigenvalue weighted by Crippen LogP contribution is 2.45. The maximum Gasteiger partial charge on any atom is 0.249 e. The van der Waals surface area contributed by atoms with Crippen molar-refractivity contribution < 1.29 is 9.59 Å². The van der Waals surface area contributed by atoms with Crippen LogP contribution >= 0.6 is 11.8 Å². The molecule has 1 heterocycles. The number of rotatable bonds is 4. The molecule has 0 aromatic carbocycles. The number of piperazine rings is 1. The maximum absolute atomic E-state index is 13.0. The van der Waals surface area contributed by atoms with Crippen LogP contribution in [0, 0.1) is 5.92 Å². The molecule has 1 saturated heterocycles. The predicted molar refractivity (Wildman–Crippen MR) is 85.2 cm³/mol. The number of nitrogens with zero attached hydrogens (tertiary/aromatic N) is 1. The van der Waals surface area contributed by atoms with Gasteiger partial charge in [-0.25, -0.2) is 0 Å². The molecule has 3 fully saturated rings. The molecule has 4 nitrogen and oxygen atoms in total. The van der Waals surface area contributed by atoms with Gasteiger partial charge in [0.25, 0.3) is 0 Å². The van der Waals surface area contributed by atoms with Crippen LogP contribution in [0.5, 0.6) is 0 Å². The molecule has 21 heavy (non-hydrogen) atoms. The van der Waals surface area contributed by atoms with E-state index in [0.717, 1.165) is 32.2 Å². The van der Waals surface area contributed by atoms with E-state index in [1.807, 2.05) is 30.5 Å². The summed E-state index contributed by atoms with van der Waals surface area (Å²) in [6.07, 6.45) is 9.05. The zero-order valence-corrected chi connectivity index (χ0v) is 14.1. The summed E-state index contributed by atoms with van der Waals surface area (Å²) in [4.78, 5) is 27.3. The lowest BCUT2D eigenvalue weighted by atomic mass is 9.88. The number of amides is 2. The first-order valence-corrected chi connectivity index (χ1v) is 9.33. The van der Waals surface area contributed by atoms with E-state index < -0.39 is 5.54 Å². The lowest BCUT2D eigenvalue weighted by Gasteiger charge is -2.46. The molecule has 2 atom stereocenters. The molecule has 118 valence electrons. The first-order valence-electron chi connectivity index (χ1n) is 8.10. The highest BCUT2D eigenvalue weighted by atomic mass is 32.2. The van der Waals surface area contributed by atoms with E-state index in [9.17, 15) is 9.59 Å². The van der Waals surface area contributed by atoms with Gasteiger partial charge in [0.05, 0.1) is 0 Å². The summed E-state index contributed by atoms with van der Waals surface area (Å²) in [6.45, 7) is 4.51. The van der Waals surface area contributed by atoms with Gasteiger partial charge in [-0.3, -0.25) is 9.59 Å². The van der Waals surface area contributed by atoms with Gasteiger partial charge in [0.1, 0.15) is 11.6 Å². The van der Waals surface area contributed by atoms with Crippen LogP contribution in [-0.2, 0) is 9.59 Å². The van der Waals surface area contributed by atoms with Crippen molar-refractivity contribution in [2.75, 3.05) is 12.8 Å². The van der Waals surface area contributed by atoms with Gasteiger partial charge in [0, 0.05) is 11.3 Å². The second-order valence-corrected chi connectivity index (χ2v) is 8.44. The van der Waals surface area contributed by atoms with Gasteiger partial charge < -0.3 is 10.2 Å². The molecule has 0 aromatic rings. The van der Waals surface area contributed by atoms with Crippen molar-refractivity contribution in [1.29, 1.82) is 0 Å². The average molecular weight is 310 g/mol. The average Bonchev–Trinajstić information content (AvgIpc) is 3.23. The summed E-state index contributed by atoms with van der Waals surface area (Å²) >= 11 is 1.88. The molecule has 5 heteroatoms. The molecule has 3 rings (SSSR count). The number of hydrogen-bond donors (Lipinski definition) is 1. The number of thioether (sulfide) groups is 1. The molecule has 2 unspecified atom stereocenters. The number of nitrogens with one attached hydrogen (secondary N) is 1. The highest BCUT2D eigenvalue weighted by molar-refractivity contribution is 8.00. The lowest BCUT2D eigenvalue weighted by Crippen LogP contribution is -2.70. The molecule has 1 N–H and O–H groups in total. The van der Waals surface area contributed by atoms with Gasteiger partial charge in [-0.2, -0.15) is 11.8 Å². The third kappa shape index (κ3) is 2.47. The van der Waals surface area contributed by atoms with Gasteiger partial charge in [-0.15, -0.1) is 0 Å². The van der Waals surface area contributed by atoms with E-state index in [1.54, 1.807) is 0 Å². The van der Waals surface area contributed by atoms with Crippen molar-refractivity contribution in [3.05, 3.63) is 0 Å². The number of hydrogen-bond acceptors (Lipinski definition) is 3. The Morgan fingerprint density at radius 2 is 1.90 bits per heavy atom. The Balaban J connectivity index is 1.84. The Morgan fingerprint density at radius 1 is 1.29 bits per heavy atom. The second-order valence-electron chi connectivity index (χ2n) is 7.17. The highest BCUT2D eigenvalue weighted by Gasteiger charge is 2.55. The topological polar surface area (TPSA) is 49.4 Å². The Hall–Kier alpha value is -0.710. The van der Waals surface area contributed by atoms with Crippen LogP contribution < -0.4 is 5.32 Å². The van der Waals surface area contributed by atoms with E-state index in [2.05, 4.69) is 11.6 Å². The summed E-state index contributed by atoms with van der Waals surface area (Å²) in [5, 5.41) is 3.00. The van der Waals surface area contributed by atoms with E-state index in [4.69, 9.17) is 0 Å². The summed E-state index contributed by atoms with van der Waals surface area (Å²) in [5.74, 6) is 0.480. The van der Waals surface area contributed by atoms with Crippen molar-refractivity contribution in [3.63, 3.8) is 0 Å². The van der Waals surface area contributed by atoms with Crippen LogP contribution in [0.3, 0.4) is 0 Å². The van der Waals surface area contributed by atoms with Crippen LogP contribution in [0.4, 0.5) is 0 Å². The second kappa shape index (κ2) is 5.18. The van der Waals surface area contributed by atoms with Crippen LogP contribution in [0.2, 0.25) is 0 Å². The molecule has 2 saturated carbocycles. The Kier molecular flexibility index (Phi) is 3.75. The fourth-order valence-corrected chi connectivity index (χ4v) is 4.90. The number of carbonyl (C=O) groups excluding carboxylic acids is 2. The summed E-state index contributed by atoms with van der Waals surface area (Å²) < 4.78 is 0.159. The number of carbonyl (C=O) groups is 2. The third-order valence-corrected chi connectivity index (χ3v) is 7.14. The van der Waals surface area contributed by atoms with Crippen LogP contribution in [0.25, 0.3) is 0 Å². The zero-order chi connectivity index (χ0) is 15.3. The van der Waals surface area contributed by atoms with E-state index in [0.29, 0.717) is 5.92 Å². The largest absolute Gasteiger partial charge is 0.340 e. The molecule has 0 spiro atoms. The Bertz CT molecular complexity index is 457. The molecular weight excluding hydrogens is 284 g/mol. The standard InChI is InChI=1S/C16H26N2O2S/c1-11-13(19)17-15(2,12-6-7-12)14(20)18(11)10-16(21-3)8-4-5-9-16/h11-12H,4-10H2,1-3H3,(H,17,19). The minimum atomic E-state index is -0.665. The molecule has 0 aromatic heterocycles. The Morgan fingerprint density at radius 3 is 2.43 bits per heavy atom. The third-order valence-electron chi connectivity index (χ3n) is 5.74. The molecule has 0 radical (unpaired) electrons. The predicted octanol–water partition coefficient (Wildman–Crippen LogP) is 2.18. The van der Waals surface area contributed by atoms with Crippen molar-refractivity contribution >= 4 is 23.6 Å². The fraction of sp³-hybridized carbons (Fsp3) is 0.875. The first-order chi connectivity index (χ1) is 9.92. The van der Waals surface area contributed by atoms with Gasteiger partial charge in [-0.05, 0) is 51.7 Å². The summed E-state index contributed by atoms with van der Waals surface area (Å²) in [7, 11) is 0. The molecule has 0 bridgehead atoms. The minimum absolute atomic E-state index is 0.0123. The van der Waals surface area contributed by atoms with Crippen LogP contribution in [-0.4, -0.2) is 45.8 Å². The monoisotopic (exact) mass is 310 g/mol. The van der Waals surface area contributed by atoms with E-state index in [1.165, 1.54) is 12.8 Å². The molecule has 3 aliphatic rings. The maximum atomic E-state index is 13.0. The lowest BCUT2D eigenvalue weighted by molar-refractivity contribution is -0.155. The van der Waals surface area contributed by atoms with Crippen molar-refractivity contribution in [2.24, 2.45) is 5.92 Å². The summed E-state index contributed by atoms with van der Waals surface area (Å²) in [5.41, 5.74) is -0.665. The fourth-order valence-electron chi connectivity index (χ4n) is 3.93. The van der Waals surface area contributed by atoms with E-state index >= 15 is 0 Å². The van der Waals surface area contributed by atoms with Crippen LogP contribution in [0.1, 0.15) is 52.4 Å². The minimum Gasteiger partial charge on any atom is -0.340 e. The van der Waals surface area contributed by atoms with Crippen molar-refractivity contribution in [3.8, 4) is 0 Å². The summed E-state index contributed by atoms with van der Waals surface area (Å²) in [6, 6.07) is -0.339. The molecular formula is C16H26N2O2S. The molecule has 2 aliphatic carbocycles. The quantitative estimate of drug-likeness (QED) is 0.866. The van der Waals surface area contributed by atoms with E-state index in [-0.39, 0.29) is 22.6 Å². The van der Waals surface area contributed by atoms with Crippen molar-refractivity contribution in [1.82, 2.24) is 10.2 Å². The van der Waals surface area contributed by atoms with Crippen molar-refractivity contribution in [2.45, 2.75) is 68.7 Å². The van der Waals surface area contributed by atoms with Gasteiger partial charge >= 0.3 is 0 Å². The van der Waals surface area contributed by atoms with Gasteiger partial charge in [0.2, 0.25) is 11.8 Å². The van der Waals surface area contributed by atoms with Gasteiger partial charge in [-0.1, -0.05) is 12.8 Å². The Labute approximate surface area is 131 Å². The SMILES string of the molecule is CSC1(CN2C(=O)C(C)(C3CC3)NC(=O)C2C)CCCC1. The zero-order valence-electron chi connectivity index (χ0n) is 13.3. The first kappa shape index (κ1) is 15.2.